The number of aliphatic carboxylic acids is 1. The van der Waals surface area contributed by atoms with Crippen molar-refractivity contribution in [1.29, 1.82) is 0 Å². The summed E-state index contributed by atoms with van der Waals surface area (Å²) in [4.78, 5) is 26.0. The van der Waals surface area contributed by atoms with Crippen molar-refractivity contribution in [2.24, 2.45) is 0 Å². The molecule has 19 heavy (non-hydrogen) atoms. The number of hydrogen-bond donors (Lipinski definition) is 2. The summed E-state index contributed by atoms with van der Waals surface area (Å²) in [6.45, 7) is 6.46. The lowest BCUT2D eigenvalue weighted by Gasteiger charge is -2.18. The summed E-state index contributed by atoms with van der Waals surface area (Å²) in [6.07, 6.45) is -0.619. The van der Waals surface area contributed by atoms with Crippen molar-refractivity contribution >= 4 is 28.5 Å². The van der Waals surface area contributed by atoms with Crippen LogP contribution in [-0.4, -0.2) is 34.4 Å². The van der Waals surface area contributed by atoms with Crippen LogP contribution in [0.5, 0.6) is 5.06 Å². The van der Waals surface area contributed by atoms with Gasteiger partial charge in [-0.05, 0) is 27.7 Å². The molecule has 1 amide bonds. The second-order valence-corrected chi connectivity index (χ2v) is 5.66. The van der Waals surface area contributed by atoms with E-state index in [1.165, 1.54) is 0 Å². The maximum atomic E-state index is 11.5. The van der Waals surface area contributed by atoms with E-state index in [1.807, 2.05) is 0 Å². The minimum Gasteiger partial charge on any atom is -0.479 e. The van der Waals surface area contributed by atoms with E-state index in [0.29, 0.717) is 15.9 Å². The highest BCUT2D eigenvalue weighted by Crippen LogP contribution is 2.30. The molecule has 1 heterocycles. The Labute approximate surface area is 114 Å². The fourth-order valence-corrected chi connectivity index (χ4v) is 1.89. The van der Waals surface area contributed by atoms with E-state index in [9.17, 15) is 9.59 Å². The van der Waals surface area contributed by atoms with Gasteiger partial charge in [-0.1, -0.05) is 11.3 Å². The number of carboxylic acid groups (broad SMARTS) is 1. The first-order valence-electron chi connectivity index (χ1n) is 5.49. The second-order valence-electron chi connectivity index (χ2n) is 4.70. The first-order chi connectivity index (χ1) is 8.67. The molecular formula is C11H16N2O5S. The Morgan fingerprint density at radius 2 is 2.05 bits per heavy atom. The van der Waals surface area contributed by atoms with Crippen LogP contribution in [0.3, 0.4) is 0 Å². The summed E-state index contributed by atoms with van der Waals surface area (Å²) in [6, 6.07) is 0. The molecule has 1 aromatic heterocycles. The summed E-state index contributed by atoms with van der Waals surface area (Å²) in [7, 11) is 0. The Morgan fingerprint density at radius 3 is 2.58 bits per heavy atom. The molecule has 0 aromatic carbocycles. The normalized spacial score (nSPS) is 10.9. The van der Waals surface area contributed by atoms with E-state index in [1.54, 1.807) is 27.7 Å². The zero-order chi connectivity index (χ0) is 14.6. The zero-order valence-corrected chi connectivity index (χ0v) is 12.0. The van der Waals surface area contributed by atoms with Gasteiger partial charge in [-0.2, -0.15) is 0 Å². The van der Waals surface area contributed by atoms with Crippen molar-refractivity contribution in [3.8, 4) is 5.06 Å². The molecule has 0 bridgehead atoms. The lowest BCUT2D eigenvalue weighted by Crippen LogP contribution is -2.27. The number of amides is 1. The van der Waals surface area contributed by atoms with Crippen LogP contribution in [0.4, 0.5) is 9.93 Å². The number of rotatable bonds is 4. The van der Waals surface area contributed by atoms with Gasteiger partial charge >= 0.3 is 12.1 Å². The number of thiazole rings is 1. The number of ether oxygens (including phenoxy) is 2. The van der Waals surface area contributed by atoms with Crippen LogP contribution >= 0.6 is 11.3 Å². The van der Waals surface area contributed by atoms with E-state index in [-0.39, 0.29) is 0 Å². The molecule has 0 aliphatic heterocycles. The number of hydrogen-bond acceptors (Lipinski definition) is 6. The monoisotopic (exact) mass is 288 g/mol. The Hall–Kier alpha value is -1.83. The van der Waals surface area contributed by atoms with E-state index >= 15 is 0 Å². The SMILES string of the molecule is Cc1nc(NC(=O)OC(C)(C)C)sc1OCC(=O)O. The molecule has 0 spiro atoms. The Balaban J connectivity index is 2.63. The molecule has 0 saturated carbocycles. The molecule has 0 aliphatic rings. The number of aromatic nitrogens is 1. The first-order valence-corrected chi connectivity index (χ1v) is 6.31. The molecule has 2 N–H and O–H groups in total. The third-order valence-corrected chi connectivity index (χ3v) is 2.67. The van der Waals surface area contributed by atoms with Crippen molar-refractivity contribution in [3.05, 3.63) is 5.69 Å². The smallest absolute Gasteiger partial charge is 0.413 e. The second kappa shape index (κ2) is 5.87. The van der Waals surface area contributed by atoms with Crippen molar-refractivity contribution in [1.82, 2.24) is 4.98 Å². The molecule has 0 atom stereocenters. The van der Waals surface area contributed by atoms with Crippen LogP contribution in [0.25, 0.3) is 0 Å². The maximum absolute atomic E-state index is 11.5. The quantitative estimate of drug-likeness (QED) is 0.882. The minimum atomic E-state index is -1.07. The van der Waals surface area contributed by atoms with Gasteiger partial charge in [0.1, 0.15) is 5.60 Å². The fourth-order valence-electron chi connectivity index (χ4n) is 1.09. The highest BCUT2D eigenvalue weighted by atomic mass is 32.1. The van der Waals surface area contributed by atoms with E-state index in [4.69, 9.17) is 14.6 Å². The highest BCUT2D eigenvalue weighted by Gasteiger charge is 2.18. The molecule has 1 aromatic rings. The van der Waals surface area contributed by atoms with E-state index < -0.39 is 24.3 Å². The van der Waals surface area contributed by atoms with Crippen LogP contribution in [-0.2, 0) is 9.53 Å². The van der Waals surface area contributed by atoms with Crippen molar-refractivity contribution in [2.75, 3.05) is 11.9 Å². The summed E-state index contributed by atoms with van der Waals surface area (Å²) in [5.41, 5.74) is -0.0868. The summed E-state index contributed by atoms with van der Waals surface area (Å²) < 4.78 is 10.1. The van der Waals surface area contributed by atoms with Crippen LogP contribution in [0.15, 0.2) is 0 Å². The summed E-state index contributed by atoms with van der Waals surface area (Å²) in [5, 5.41) is 11.6. The van der Waals surface area contributed by atoms with Crippen LogP contribution in [0, 0.1) is 6.92 Å². The van der Waals surface area contributed by atoms with Gasteiger partial charge in [0.05, 0.1) is 5.69 Å². The minimum absolute atomic E-state index is 0.298. The molecule has 106 valence electrons. The van der Waals surface area contributed by atoms with Gasteiger partial charge in [-0.15, -0.1) is 0 Å². The largest absolute Gasteiger partial charge is 0.479 e. The Morgan fingerprint density at radius 1 is 1.42 bits per heavy atom. The maximum Gasteiger partial charge on any atom is 0.413 e. The number of carbonyl (C=O) groups is 2. The van der Waals surface area contributed by atoms with Gasteiger partial charge in [0.15, 0.2) is 16.8 Å². The van der Waals surface area contributed by atoms with Gasteiger partial charge in [-0.25, -0.2) is 14.6 Å². The number of nitrogens with one attached hydrogen (secondary N) is 1. The number of carbonyl (C=O) groups excluding carboxylic acids is 1. The predicted molar refractivity (Wildman–Crippen MR) is 69.8 cm³/mol. The molecule has 0 fully saturated rings. The lowest BCUT2D eigenvalue weighted by atomic mass is 10.2. The molecule has 8 heteroatoms. The van der Waals surface area contributed by atoms with Gasteiger partial charge in [0.2, 0.25) is 0 Å². The molecule has 0 saturated heterocycles. The van der Waals surface area contributed by atoms with Crippen molar-refractivity contribution in [2.45, 2.75) is 33.3 Å². The number of anilines is 1. The topological polar surface area (TPSA) is 97.8 Å². The van der Waals surface area contributed by atoms with Gasteiger partial charge in [0.25, 0.3) is 0 Å². The highest BCUT2D eigenvalue weighted by molar-refractivity contribution is 7.17. The Kier molecular flexibility index (Phi) is 4.71. The number of nitrogens with zero attached hydrogens (tertiary/aromatic N) is 1. The average molecular weight is 288 g/mol. The van der Waals surface area contributed by atoms with Crippen molar-refractivity contribution in [3.63, 3.8) is 0 Å². The molecule has 7 nitrogen and oxygen atoms in total. The Bertz CT molecular complexity index is 478. The molecule has 0 radical (unpaired) electrons. The van der Waals surface area contributed by atoms with Crippen LogP contribution in [0.2, 0.25) is 0 Å². The third-order valence-electron chi connectivity index (χ3n) is 1.69. The summed E-state index contributed by atoms with van der Waals surface area (Å²) >= 11 is 1.05. The van der Waals surface area contributed by atoms with E-state index in [2.05, 4.69) is 10.3 Å². The number of carboxylic acids is 1. The lowest BCUT2D eigenvalue weighted by molar-refractivity contribution is -0.139. The first kappa shape index (κ1) is 15.2. The molecule has 0 unspecified atom stereocenters. The fraction of sp³-hybridized carbons (Fsp3) is 0.545. The van der Waals surface area contributed by atoms with Gasteiger partial charge < -0.3 is 14.6 Å². The predicted octanol–water partition coefficient (Wildman–Crippen LogP) is 2.26. The van der Waals surface area contributed by atoms with E-state index in [0.717, 1.165) is 11.3 Å². The average Bonchev–Trinajstić information content (AvgIpc) is 2.52. The third kappa shape index (κ3) is 5.56. The standard InChI is InChI=1S/C11H16N2O5S/c1-6-8(17-5-7(14)15)19-9(12-6)13-10(16)18-11(2,3)4/h5H2,1-4H3,(H,14,15)(H,12,13,16). The van der Waals surface area contributed by atoms with Crippen LogP contribution < -0.4 is 10.1 Å². The molecule has 1 rings (SSSR count). The van der Waals surface area contributed by atoms with Gasteiger partial charge in [-0.3, -0.25) is 5.32 Å². The number of aryl methyl sites for hydroxylation is 1. The van der Waals surface area contributed by atoms with Crippen molar-refractivity contribution < 1.29 is 24.2 Å². The van der Waals surface area contributed by atoms with Crippen LogP contribution in [0.1, 0.15) is 26.5 Å². The molecule has 0 aliphatic carbocycles. The zero-order valence-electron chi connectivity index (χ0n) is 11.1. The van der Waals surface area contributed by atoms with Gasteiger partial charge in [0, 0.05) is 0 Å². The summed E-state index contributed by atoms with van der Waals surface area (Å²) in [5.74, 6) is -1.07. The molecular weight excluding hydrogens is 272 g/mol.